The number of hydrogen-bond acceptors (Lipinski definition) is 2. The fourth-order valence-corrected chi connectivity index (χ4v) is 4.39. The number of rotatable bonds is 2. The van der Waals surface area contributed by atoms with Crippen LogP contribution in [0.15, 0.2) is 30.3 Å². The summed E-state index contributed by atoms with van der Waals surface area (Å²) in [5.74, 6) is 0.790. The lowest BCUT2D eigenvalue weighted by Gasteiger charge is -2.50. The molecule has 2 aromatic carbocycles. The topological polar surface area (TPSA) is 12.5 Å². The van der Waals surface area contributed by atoms with Crippen LogP contribution in [-0.4, -0.2) is 13.7 Å². The number of methoxy groups -OCH3 is 1. The van der Waals surface area contributed by atoms with Crippen LogP contribution in [0.1, 0.15) is 36.0 Å². The van der Waals surface area contributed by atoms with Crippen molar-refractivity contribution in [2.45, 2.75) is 39.5 Å². The van der Waals surface area contributed by atoms with Crippen molar-refractivity contribution in [1.82, 2.24) is 0 Å². The Kier molecular flexibility index (Phi) is 3.56. The van der Waals surface area contributed by atoms with Crippen LogP contribution in [0.2, 0.25) is 0 Å². The lowest BCUT2D eigenvalue weighted by atomic mass is 9.63. The molecule has 0 aromatic heterocycles. The molecule has 0 unspecified atom stereocenters. The van der Waals surface area contributed by atoms with Gasteiger partial charge in [-0.1, -0.05) is 6.42 Å². The van der Waals surface area contributed by atoms with Crippen LogP contribution in [0, 0.1) is 25.1 Å². The van der Waals surface area contributed by atoms with E-state index < -0.39 is 0 Å². The van der Waals surface area contributed by atoms with Gasteiger partial charge >= 0.3 is 0 Å². The maximum absolute atomic E-state index is 13.4. The SMILES string of the molecule is COc1cc2c(c(C)c1C)N(c1ccc(F)cc1)CC1(CCC1)C2. The summed E-state index contributed by atoms with van der Waals surface area (Å²) >= 11 is 0. The molecule has 126 valence electrons. The Bertz CT molecular complexity index is 777. The summed E-state index contributed by atoms with van der Waals surface area (Å²) in [5.41, 5.74) is 6.56. The number of halogens is 1. The van der Waals surface area contributed by atoms with E-state index in [9.17, 15) is 4.39 Å². The Morgan fingerprint density at radius 1 is 1.08 bits per heavy atom. The molecule has 0 bridgehead atoms. The van der Waals surface area contributed by atoms with E-state index in [-0.39, 0.29) is 5.82 Å². The summed E-state index contributed by atoms with van der Waals surface area (Å²) in [6.07, 6.45) is 4.99. The Morgan fingerprint density at radius 3 is 2.38 bits per heavy atom. The Morgan fingerprint density at radius 2 is 1.79 bits per heavy atom. The van der Waals surface area contributed by atoms with Gasteiger partial charge in [0.25, 0.3) is 0 Å². The number of nitrogens with zero attached hydrogens (tertiary/aromatic N) is 1. The van der Waals surface area contributed by atoms with Crippen molar-refractivity contribution in [2.24, 2.45) is 5.41 Å². The largest absolute Gasteiger partial charge is 0.496 e. The zero-order chi connectivity index (χ0) is 16.9. The monoisotopic (exact) mass is 325 g/mol. The van der Waals surface area contributed by atoms with E-state index in [4.69, 9.17) is 4.74 Å². The molecule has 0 saturated heterocycles. The third-order valence-electron chi connectivity index (χ3n) is 6.00. The number of fused-ring (bicyclic) bond motifs is 1. The first-order chi connectivity index (χ1) is 11.5. The van der Waals surface area contributed by atoms with E-state index in [1.807, 2.05) is 12.1 Å². The van der Waals surface area contributed by atoms with Crippen molar-refractivity contribution in [2.75, 3.05) is 18.6 Å². The highest BCUT2D eigenvalue weighted by Gasteiger charge is 2.43. The fourth-order valence-electron chi connectivity index (χ4n) is 4.39. The third-order valence-corrected chi connectivity index (χ3v) is 6.00. The van der Waals surface area contributed by atoms with Crippen LogP contribution in [0.4, 0.5) is 15.8 Å². The molecule has 2 aromatic rings. The highest BCUT2D eigenvalue weighted by Crippen LogP contribution is 2.53. The molecule has 1 aliphatic carbocycles. The fraction of sp³-hybridized carbons (Fsp3) is 0.429. The van der Waals surface area contributed by atoms with Crippen molar-refractivity contribution in [3.8, 4) is 5.75 Å². The normalized spacial score (nSPS) is 18.2. The van der Waals surface area contributed by atoms with Crippen LogP contribution in [0.5, 0.6) is 5.75 Å². The lowest BCUT2D eigenvalue weighted by molar-refractivity contribution is 0.138. The predicted octanol–water partition coefficient (Wildman–Crippen LogP) is 5.32. The highest BCUT2D eigenvalue weighted by atomic mass is 19.1. The summed E-state index contributed by atoms with van der Waals surface area (Å²) in [4.78, 5) is 2.40. The Hall–Kier alpha value is -2.03. The van der Waals surface area contributed by atoms with E-state index >= 15 is 0 Å². The molecule has 1 saturated carbocycles. The molecule has 24 heavy (non-hydrogen) atoms. The van der Waals surface area contributed by atoms with Gasteiger partial charge < -0.3 is 9.64 Å². The van der Waals surface area contributed by atoms with Gasteiger partial charge in [-0.2, -0.15) is 0 Å². The zero-order valence-corrected chi connectivity index (χ0v) is 14.7. The molecule has 2 aliphatic rings. The van der Waals surface area contributed by atoms with Crippen LogP contribution in [-0.2, 0) is 6.42 Å². The van der Waals surface area contributed by atoms with Crippen LogP contribution >= 0.6 is 0 Å². The second-order valence-electron chi connectivity index (χ2n) is 7.43. The van der Waals surface area contributed by atoms with Gasteiger partial charge in [-0.15, -0.1) is 0 Å². The van der Waals surface area contributed by atoms with Gasteiger partial charge in [-0.25, -0.2) is 4.39 Å². The molecule has 4 rings (SSSR count). The van der Waals surface area contributed by atoms with Crippen molar-refractivity contribution in [3.63, 3.8) is 0 Å². The quantitative estimate of drug-likeness (QED) is 0.741. The van der Waals surface area contributed by atoms with Crippen molar-refractivity contribution >= 4 is 11.4 Å². The molecule has 0 atom stereocenters. The van der Waals surface area contributed by atoms with Gasteiger partial charge in [0.15, 0.2) is 0 Å². The second-order valence-corrected chi connectivity index (χ2v) is 7.43. The van der Waals surface area contributed by atoms with Crippen molar-refractivity contribution < 1.29 is 9.13 Å². The number of hydrogen-bond donors (Lipinski definition) is 0. The van der Waals surface area contributed by atoms with Crippen LogP contribution < -0.4 is 9.64 Å². The van der Waals surface area contributed by atoms with Crippen LogP contribution in [0.25, 0.3) is 0 Å². The minimum absolute atomic E-state index is 0.183. The summed E-state index contributed by atoms with van der Waals surface area (Å²) in [6, 6.07) is 9.13. The highest BCUT2D eigenvalue weighted by molar-refractivity contribution is 5.74. The van der Waals surface area contributed by atoms with Crippen molar-refractivity contribution in [1.29, 1.82) is 0 Å². The molecule has 1 aliphatic heterocycles. The Labute approximate surface area is 143 Å². The first-order valence-electron chi connectivity index (χ1n) is 8.73. The molecule has 0 N–H and O–H groups in total. The van der Waals surface area contributed by atoms with E-state index in [0.29, 0.717) is 5.41 Å². The molecular weight excluding hydrogens is 301 g/mol. The van der Waals surface area contributed by atoms with Gasteiger partial charge in [0.05, 0.1) is 7.11 Å². The van der Waals surface area contributed by atoms with Gasteiger partial charge in [-0.3, -0.25) is 0 Å². The standard InChI is InChI=1S/C21H24FNO/c1-14-15(2)20-16(11-19(14)24-3)12-21(9-4-10-21)13-23(20)18-7-5-17(22)6-8-18/h5-8,11H,4,9-10,12-13H2,1-3H3. The van der Waals surface area contributed by atoms with E-state index in [1.54, 1.807) is 19.2 Å². The predicted molar refractivity (Wildman–Crippen MR) is 95.9 cm³/mol. The second kappa shape index (κ2) is 5.51. The number of ether oxygens (including phenoxy) is 1. The zero-order valence-electron chi connectivity index (χ0n) is 14.7. The minimum Gasteiger partial charge on any atom is -0.496 e. The summed E-state index contributed by atoms with van der Waals surface area (Å²) < 4.78 is 19.0. The Balaban J connectivity index is 1.88. The molecule has 3 heteroatoms. The lowest BCUT2D eigenvalue weighted by Crippen LogP contribution is -2.46. The summed E-state index contributed by atoms with van der Waals surface area (Å²) in [5, 5.41) is 0. The number of benzene rings is 2. The van der Waals surface area contributed by atoms with Crippen molar-refractivity contribution in [3.05, 3.63) is 52.8 Å². The molecule has 2 nitrogen and oxygen atoms in total. The number of anilines is 2. The smallest absolute Gasteiger partial charge is 0.123 e. The molecule has 0 amide bonds. The molecule has 1 spiro atoms. The average molecular weight is 325 g/mol. The minimum atomic E-state index is -0.183. The van der Waals surface area contributed by atoms with Gasteiger partial charge in [0.2, 0.25) is 0 Å². The van der Waals surface area contributed by atoms with Gasteiger partial charge in [-0.05, 0) is 85.5 Å². The molecular formula is C21H24FNO. The van der Waals surface area contributed by atoms with E-state index in [1.165, 1.54) is 41.6 Å². The van der Waals surface area contributed by atoms with E-state index in [0.717, 1.165) is 24.4 Å². The van der Waals surface area contributed by atoms with E-state index in [2.05, 4.69) is 24.8 Å². The average Bonchev–Trinajstić information content (AvgIpc) is 2.56. The third kappa shape index (κ3) is 2.29. The molecule has 0 radical (unpaired) electrons. The molecule has 1 fully saturated rings. The van der Waals surface area contributed by atoms with Gasteiger partial charge in [0.1, 0.15) is 11.6 Å². The maximum Gasteiger partial charge on any atom is 0.123 e. The summed E-state index contributed by atoms with van der Waals surface area (Å²) in [7, 11) is 1.74. The first-order valence-corrected chi connectivity index (χ1v) is 8.73. The molecule has 1 heterocycles. The first kappa shape index (κ1) is 15.5. The summed E-state index contributed by atoms with van der Waals surface area (Å²) in [6.45, 7) is 5.31. The van der Waals surface area contributed by atoms with Crippen LogP contribution in [0.3, 0.4) is 0 Å². The maximum atomic E-state index is 13.4. The van der Waals surface area contributed by atoms with Gasteiger partial charge in [0, 0.05) is 17.9 Å².